The molecule has 28 heavy (non-hydrogen) atoms. The van der Waals surface area contributed by atoms with Gasteiger partial charge in [0.2, 0.25) is 0 Å². The van der Waals surface area contributed by atoms with E-state index in [1.807, 2.05) is 84.9 Å². The van der Waals surface area contributed by atoms with Crippen LogP contribution in [0.2, 0.25) is 0 Å². The Kier molecular flexibility index (Phi) is 5.06. The monoisotopic (exact) mass is 371 g/mol. The van der Waals surface area contributed by atoms with E-state index in [4.69, 9.17) is 4.74 Å². The number of urea groups is 1. The van der Waals surface area contributed by atoms with Crippen LogP contribution in [0.3, 0.4) is 0 Å². The van der Waals surface area contributed by atoms with Crippen LogP contribution >= 0.6 is 0 Å². The summed E-state index contributed by atoms with van der Waals surface area (Å²) in [7, 11) is 1.61. The van der Waals surface area contributed by atoms with E-state index in [1.165, 1.54) is 0 Å². The zero-order chi connectivity index (χ0) is 19.3. The number of carbonyl (C=O) groups excluding carboxylic acids is 1. The van der Waals surface area contributed by atoms with Crippen molar-refractivity contribution in [3.05, 3.63) is 96.1 Å². The van der Waals surface area contributed by atoms with Gasteiger partial charge < -0.3 is 10.1 Å². The van der Waals surface area contributed by atoms with Gasteiger partial charge >= 0.3 is 6.03 Å². The molecule has 0 saturated heterocycles. The first-order valence-corrected chi connectivity index (χ1v) is 9.17. The van der Waals surface area contributed by atoms with Gasteiger partial charge in [-0.3, -0.25) is 0 Å². The summed E-state index contributed by atoms with van der Waals surface area (Å²) in [6.07, 6.45) is 0.671. The summed E-state index contributed by atoms with van der Waals surface area (Å²) in [6, 6.07) is 26.8. The van der Waals surface area contributed by atoms with Crippen LogP contribution in [0.25, 0.3) is 0 Å². The molecule has 1 atom stereocenters. The van der Waals surface area contributed by atoms with Crippen molar-refractivity contribution in [1.82, 2.24) is 5.01 Å². The number of carbonyl (C=O) groups is 1. The Bertz CT molecular complexity index is 970. The van der Waals surface area contributed by atoms with Crippen molar-refractivity contribution in [1.29, 1.82) is 0 Å². The van der Waals surface area contributed by atoms with E-state index < -0.39 is 0 Å². The number of hydrogen-bond donors (Lipinski definition) is 1. The molecule has 2 amide bonds. The van der Waals surface area contributed by atoms with E-state index in [0.29, 0.717) is 12.1 Å². The van der Waals surface area contributed by atoms with Crippen LogP contribution in [0.4, 0.5) is 10.5 Å². The minimum absolute atomic E-state index is 0.144. The number of methoxy groups -OCH3 is 1. The molecule has 5 nitrogen and oxygen atoms in total. The summed E-state index contributed by atoms with van der Waals surface area (Å²) >= 11 is 0. The summed E-state index contributed by atoms with van der Waals surface area (Å²) in [5.41, 5.74) is 3.69. The highest BCUT2D eigenvalue weighted by molar-refractivity contribution is 6.04. The number of nitrogens with one attached hydrogen (secondary N) is 1. The van der Waals surface area contributed by atoms with E-state index in [1.54, 1.807) is 12.1 Å². The maximum atomic E-state index is 13.0. The molecule has 0 spiro atoms. The Balaban J connectivity index is 1.61. The van der Waals surface area contributed by atoms with E-state index in [0.717, 1.165) is 22.6 Å². The average molecular weight is 371 g/mol. The van der Waals surface area contributed by atoms with Crippen LogP contribution < -0.4 is 10.1 Å². The quantitative estimate of drug-likeness (QED) is 0.695. The standard InChI is InChI=1S/C23H21N3O2/c1-28-20-14-12-19(13-15-20)24-23(27)26-22(18-10-6-3-7-11-18)16-21(25-26)17-8-4-2-5-9-17/h2-15,22H,16H2,1H3,(H,24,27). The number of nitrogens with zero attached hydrogens (tertiary/aromatic N) is 2. The zero-order valence-corrected chi connectivity index (χ0v) is 15.6. The molecule has 1 aliphatic rings. The maximum Gasteiger partial charge on any atom is 0.342 e. The van der Waals surface area contributed by atoms with Crippen molar-refractivity contribution in [3.8, 4) is 5.75 Å². The van der Waals surface area contributed by atoms with Crippen LogP contribution in [0, 0.1) is 0 Å². The summed E-state index contributed by atoms with van der Waals surface area (Å²) in [4.78, 5) is 13.0. The fourth-order valence-corrected chi connectivity index (χ4v) is 3.29. The van der Waals surface area contributed by atoms with E-state index in [9.17, 15) is 4.79 Å². The molecule has 0 fully saturated rings. The second kappa shape index (κ2) is 7.96. The molecule has 3 aromatic rings. The number of benzene rings is 3. The molecule has 0 radical (unpaired) electrons. The molecule has 0 bridgehead atoms. The number of ether oxygens (including phenoxy) is 1. The fourth-order valence-electron chi connectivity index (χ4n) is 3.29. The maximum absolute atomic E-state index is 13.0. The Morgan fingerprint density at radius 2 is 1.61 bits per heavy atom. The third-order valence-electron chi connectivity index (χ3n) is 4.75. The van der Waals surface area contributed by atoms with E-state index in [-0.39, 0.29) is 12.1 Å². The molecule has 1 N–H and O–H groups in total. The predicted octanol–water partition coefficient (Wildman–Crippen LogP) is 5.08. The van der Waals surface area contributed by atoms with Crippen molar-refractivity contribution in [2.24, 2.45) is 5.10 Å². The topological polar surface area (TPSA) is 53.9 Å². The first-order valence-electron chi connectivity index (χ1n) is 9.17. The van der Waals surface area contributed by atoms with Gasteiger partial charge in [-0.1, -0.05) is 60.7 Å². The predicted molar refractivity (Wildman–Crippen MR) is 111 cm³/mol. The number of hydrazone groups is 1. The van der Waals surface area contributed by atoms with Gasteiger partial charge in [0.25, 0.3) is 0 Å². The Labute approximate surface area is 164 Å². The van der Waals surface area contributed by atoms with Crippen molar-refractivity contribution >= 4 is 17.4 Å². The first-order chi connectivity index (χ1) is 13.7. The summed E-state index contributed by atoms with van der Waals surface area (Å²) in [6.45, 7) is 0. The third kappa shape index (κ3) is 3.74. The zero-order valence-electron chi connectivity index (χ0n) is 15.6. The minimum Gasteiger partial charge on any atom is -0.497 e. The van der Waals surface area contributed by atoms with Gasteiger partial charge in [-0.2, -0.15) is 5.10 Å². The fraction of sp³-hybridized carbons (Fsp3) is 0.130. The van der Waals surface area contributed by atoms with Gasteiger partial charge in [-0.15, -0.1) is 0 Å². The lowest BCUT2D eigenvalue weighted by molar-refractivity contribution is 0.200. The molecule has 0 aliphatic carbocycles. The van der Waals surface area contributed by atoms with Crippen LogP contribution in [-0.4, -0.2) is 23.9 Å². The smallest absolute Gasteiger partial charge is 0.342 e. The van der Waals surface area contributed by atoms with Crippen LogP contribution in [0.5, 0.6) is 5.75 Å². The lowest BCUT2D eigenvalue weighted by Gasteiger charge is -2.22. The molecule has 0 aromatic heterocycles. The van der Waals surface area contributed by atoms with Crippen LogP contribution in [0.1, 0.15) is 23.6 Å². The summed E-state index contributed by atoms with van der Waals surface area (Å²) in [5.74, 6) is 0.741. The van der Waals surface area contributed by atoms with Gasteiger partial charge in [-0.05, 0) is 35.4 Å². The minimum atomic E-state index is -0.259. The number of anilines is 1. The van der Waals surface area contributed by atoms with Crippen LogP contribution in [0.15, 0.2) is 90.0 Å². The van der Waals surface area contributed by atoms with Gasteiger partial charge in [0.05, 0.1) is 18.9 Å². The van der Waals surface area contributed by atoms with Crippen LogP contribution in [-0.2, 0) is 0 Å². The van der Waals surface area contributed by atoms with Gasteiger partial charge in [-0.25, -0.2) is 9.80 Å². The Morgan fingerprint density at radius 1 is 0.964 bits per heavy atom. The first kappa shape index (κ1) is 17.8. The highest BCUT2D eigenvalue weighted by Gasteiger charge is 2.33. The molecule has 1 unspecified atom stereocenters. The Hall–Kier alpha value is -3.60. The Morgan fingerprint density at radius 3 is 2.25 bits per heavy atom. The third-order valence-corrected chi connectivity index (χ3v) is 4.75. The van der Waals surface area contributed by atoms with Crippen molar-refractivity contribution < 1.29 is 9.53 Å². The molecule has 5 heteroatoms. The lowest BCUT2D eigenvalue weighted by atomic mass is 9.99. The second-order valence-corrected chi connectivity index (χ2v) is 6.55. The molecule has 140 valence electrons. The average Bonchev–Trinajstić information content (AvgIpc) is 3.21. The van der Waals surface area contributed by atoms with Gasteiger partial charge in [0.15, 0.2) is 0 Å². The van der Waals surface area contributed by atoms with Crippen molar-refractivity contribution in [2.75, 3.05) is 12.4 Å². The molecular weight excluding hydrogens is 350 g/mol. The second-order valence-electron chi connectivity index (χ2n) is 6.55. The summed E-state index contributed by atoms with van der Waals surface area (Å²) in [5, 5.41) is 9.13. The lowest BCUT2D eigenvalue weighted by Crippen LogP contribution is -2.31. The van der Waals surface area contributed by atoms with Crippen molar-refractivity contribution in [3.63, 3.8) is 0 Å². The molecule has 4 rings (SSSR count). The molecule has 0 saturated carbocycles. The van der Waals surface area contributed by atoms with E-state index >= 15 is 0 Å². The molecule has 1 heterocycles. The molecule has 1 aliphatic heterocycles. The van der Waals surface area contributed by atoms with Crippen molar-refractivity contribution in [2.45, 2.75) is 12.5 Å². The SMILES string of the molecule is COc1ccc(NC(=O)N2N=C(c3ccccc3)CC2c2ccccc2)cc1. The highest BCUT2D eigenvalue weighted by atomic mass is 16.5. The largest absolute Gasteiger partial charge is 0.497 e. The normalized spacial score (nSPS) is 15.8. The van der Waals surface area contributed by atoms with E-state index in [2.05, 4.69) is 10.4 Å². The highest BCUT2D eigenvalue weighted by Crippen LogP contribution is 2.33. The molecular formula is C23H21N3O2. The number of hydrogen-bond acceptors (Lipinski definition) is 3. The van der Waals surface area contributed by atoms with Gasteiger partial charge in [0.1, 0.15) is 5.75 Å². The number of amides is 2. The summed E-state index contributed by atoms with van der Waals surface area (Å²) < 4.78 is 5.17. The number of rotatable bonds is 4. The van der Waals surface area contributed by atoms with Gasteiger partial charge in [0, 0.05) is 12.1 Å². The molecule has 3 aromatic carbocycles.